The lowest BCUT2D eigenvalue weighted by Gasteiger charge is -2.06. The Morgan fingerprint density at radius 2 is 2.19 bits per heavy atom. The zero-order valence-corrected chi connectivity index (χ0v) is 9.03. The average molecular weight is 218 g/mol. The fourth-order valence-electron chi connectivity index (χ4n) is 1.68. The van der Waals surface area contributed by atoms with E-state index in [4.69, 9.17) is 5.21 Å². The summed E-state index contributed by atoms with van der Waals surface area (Å²) in [6.45, 7) is 3.45. The molecule has 0 atom stereocenters. The van der Waals surface area contributed by atoms with Crippen molar-refractivity contribution in [3.05, 3.63) is 41.3 Å². The Labute approximate surface area is 92.2 Å². The van der Waals surface area contributed by atoms with Gasteiger partial charge in [-0.3, -0.25) is 4.98 Å². The minimum absolute atomic E-state index is 0.322. The number of aromatic nitrogens is 1. The standard InChI is InChI=1S/C12H11FN2O/c1-7-9(8(2)15-16)6-10-11(13)4-3-5-12(10)14-7/h3-6,16H,1-2H3/b15-8-. The molecule has 2 rings (SSSR count). The first-order chi connectivity index (χ1) is 7.63. The quantitative estimate of drug-likeness (QED) is 0.454. The van der Waals surface area contributed by atoms with E-state index in [0.29, 0.717) is 27.9 Å². The van der Waals surface area contributed by atoms with Crippen molar-refractivity contribution in [1.29, 1.82) is 0 Å². The first kappa shape index (κ1) is 10.5. The molecule has 0 saturated heterocycles. The van der Waals surface area contributed by atoms with Crippen LogP contribution in [0.1, 0.15) is 18.2 Å². The molecule has 1 aromatic heterocycles. The fraction of sp³-hybridized carbons (Fsp3) is 0.167. The summed E-state index contributed by atoms with van der Waals surface area (Å²) < 4.78 is 13.5. The molecule has 0 unspecified atom stereocenters. The number of hydrogen-bond donors (Lipinski definition) is 1. The van der Waals surface area contributed by atoms with E-state index in [-0.39, 0.29) is 5.82 Å². The van der Waals surface area contributed by atoms with Crippen molar-refractivity contribution in [2.45, 2.75) is 13.8 Å². The van der Waals surface area contributed by atoms with Crippen LogP contribution in [0.25, 0.3) is 10.9 Å². The smallest absolute Gasteiger partial charge is 0.132 e. The van der Waals surface area contributed by atoms with Crippen molar-refractivity contribution in [2.75, 3.05) is 0 Å². The number of halogens is 1. The first-order valence-electron chi connectivity index (χ1n) is 4.88. The molecule has 0 bridgehead atoms. The van der Waals surface area contributed by atoms with E-state index in [0.717, 1.165) is 0 Å². The number of oxime groups is 1. The molecule has 1 aromatic carbocycles. The van der Waals surface area contributed by atoms with Crippen LogP contribution in [0.3, 0.4) is 0 Å². The lowest BCUT2D eigenvalue weighted by Crippen LogP contribution is -2.01. The van der Waals surface area contributed by atoms with Crippen LogP contribution < -0.4 is 0 Å². The molecule has 2 aromatic rings. The molecule has 82 valence electrons. The Morgan fingerprint density at radius 1 is 1.44 bits per heavy atom. The van der Waals surface area contributed by atoms with Crippen molar-refractivity contribution in [1.82, 2.24) is 4.98 Å². The highest BCUT2D eigenvalue weighted by molar-refractivity contribution is 6.01. The van der Waals surface area contributed by atoms with Gasteiger partial charge in [0.15, 0.2) is 0 Å². The number of hydrogen-bond acceptors (Lipinski definition) is 3. The molecule has 0 spiro atoms. The van der Waals surface area contributed by atoms with Crippen LogP contribution in [0.2, 0.25) is 0 Å². The zero-order valence-electron chi connectivity index (χ0n) is 9.03. The maximum Gasteiger partial charge on any atom is 0.132 e. The van der Waals surface area contributed by atoms with Gasteiger partial charge in [0.1, 0.15) is 5.82 Å². The van der Waals surface area contributed by atoms with E-state index in [1.54, 1.807) is 32.0 Å². The van der Waals surface area contributed by atoms with Crippen molar-refractivity contribution >= 4 is 16.6 Å². The Morgan fingerprint density at radius 3 is 2.88 bits per heavy atom. The molecular weight excluding hydrogens is 207 g/mol. The Kier molecular flexibility index (Phi) is 2.56. The molecular formula is C12H11FN2O. The van der Waals surface area contributed by atoms with Gasteiger partial charge in [-0.15, -0.1) is 0 Å². The lowest BCUT2D eigenvalue weighted by molar-refractivity contribution is 0.319. The van der Waals surface area contributed by atoms with Gasteiger partial charge in [-0.25, -0.2) is 4.39 Å². The van der Waals surface area contributed by atoms with Crippen LogP contribution in [0.15, 0.2) is 29.4 Å². The van der Waals surface area contributed by atoms with Crippen molar-refractivity contribution < 1.29 is 9.60 Å². The molecule has 3 nitrogen and oxygen atoms in total. The molecule has 1 N–H and O–H groups in total. The monoisotopic (exact) mass is 218 g/mol. The van der Waals surface area contributed by atoms with Gasteiger partial charge in [0.25, 0.3) is 0 Å². The van der Waals surface area contributed by atoms with Gasteiger partial charge in [-0.2, -0.15) is 0 Å². The highest BCUT2D eigenvalue weighted by Gasteiger charge is 2.08. The maximum absolute atomic E-state index is 13.5. The van der Waals surface area contributed by atoms with E-state index in [2.05, 4.69) is 10.1 Å². The normalized spacial score (nSPS) is 12.1. The summed E-state index contributed by atoms with van der Waals surface area (Å²) in [4.78, 5) is 4.27. The third-order valence-corrected chi connectivity index (χ3v) is 2.54. The van der Waals surface area contributed by atoms with E-state index in [1.165, 1.54) is 6.07 Å². The van der Waals surface area contributed by atoms with Crippen LogP contribution in [-0.2, 0) is 0 Å². The predicted octanol–water partition coefficient (Wildman–Crippen LogP) is 2.88. The van der Waals surface area contributed by atoms with Gasteiger partial charge in [0.2, 0.25) is 0 Å². The largest absolute Gasteiger partial charge is 0.411 e. The zero-order chi connectivity index (χ0) is 11.7. The number of fused-ring (bicyclic) bond motifs is 1. The van der Waals surface area contributed by atoms with Gasteiger partial charge >= 0.3 is 0 Å². The lowest BCUT2D eigenvalue weighted by atomic mass is 10.1. The van der Waals surface area contributed by atoms with Crippen molar-refractivity contribution in [3.63, 3.8) is 0 Å². The van der Waals surface area contributed by atoms with E-state index in [9.17, 15) is 4.39 Å². The molecule has 0 amide bonds. The summed E-state index contributed by atoms with van der Waals surface area (Å²) in [6, 6.07) is 6.41. The van der Waals surface area contributed by atoms with Crippen LogP contribution >= 0.6 is 0 Å². The van der Waals surface area contributed by atoms with Gasteiger partial charge in [0.05, 0.1) is 11.2 Å². The summed E-state index contributed by atoms with van der Waals surface area (Å²) in [7, 11) is 0. The molecule has 1 heterocycles. The first-order valence-corrected chi connectivity index (χ1v) is 4.88. The van der Waals surface area contributed by atoms with Gasteiger partial charge in [-0.1, -0.05) is 11.2 Å². The van der Waals surface area contributed by atoms with Crippen LogP contribution in [0.5, 0.6) is 0 Å². The predicted molar refractivity (Wildman–Crippen MR) is 60.4 cm³/mol. The molecule has 0 radical (unpaired) electrons. The topological polar surface area (TPSA) is 45.5 Å². The number of pyridine rings is 1. The third-order valence-electron chi connectivity index (χ3n) is 2.54. The molecule has 0 aliphatic carbocycles. The Balaban J connectivity index is 2.79. The SMILES string of the molecule is C/C(=N/O)c1cc2c(F)cccc2nc1C. The highest BCUT2D eigenvalue weighted by atomic mass is 19.1. The van der Waals surface area contributed by atoms with Crippen molar-refractivity contribution in [3.8, 4) is 0 Å². The number of benzene rings is 1. The molecule has 0 aliphatic rings. The molecule has 0 saturated carbocycles. The Hall–Kier alpha value is -1.97. The van der Waals surface area contributed by atoms with E-state index in [1.807, 2.05) is 0 Å². The highest BCUT2D eigenvalue weighted by Crippen LogP contribution is 2.19. The van der Waals surface area contributed by atoms with Gasteiger partial charge in [-0.05, 0) is 32.0 Å². The summed E-state index contributed by atoms with van der Waals surface area (Å²) in [5.74, 6) is -0.322. The minimum Gasteiger partial charge on any atom is -0.411 e. The van der Waals surface area contributed by atoms with Crippen LogP contribution in [0.4, 0.5) is 4.39 Å². The Bertz CT molecular complexity index is 578. The van der Waals surface area contributed by atoms with Gasteiger partial charge in [0, 0.05) is 16.6 Å². The van der Waals surface area contributed by atoms with E-state index < -0.39 is 0 Å². The molecule has 4 heteroatoms. The second kappa shape index (κ2) is 3.89. The molecule has 0 fully saturated rings. The second-order valence-corrected chi connectivity index (χ2v) is 3.61. The van der Waals surface area contributed by atoms with Crippen LogP contribution in [-0.4, -0.2) is 15.9 Å². The third kappa shape index (κ3) is 1.62. The van der Waals surface area contributed by atoms with E-state index >= 15 is 0 Å². The van der Waals surface area contributed by atoms with Crippen molar-refractivity contribution in [2.24, 2.45) is 5.16 Å². The molecule has 0 aliphatic heterocycles. The number of aryl methyl sites for hydroxylation is 1. The summed E-state index contributed by atoms with van der Waals surface area (Å²) in [5.41, 5.74) is 2.40. The number of nitrogens with zero attached hydrogens (tertiary/aromatic N) is 2. The second-order valence-electron chi connectivity index (χ2n) is 3.61. The minimum atomic E-state index is -0.322. The summed E-state index contributed by atoms with van der Waals surface area (Å²) >= 11 is 0. The summed E-state index contributed by atoms with van der Waals surface area (Å²) in [5, 5.41) is 12.3. The molecule has 16 heavy (non-hydrogen) atoms. The fourth-order valence-corrected chi connectivity index (χ4v) is 1.68. The van der Waals surface area contributed by atoms with Gasteiger partial charge < -0.3 is 5.21 Å². The average Bonchev–Trinajstić information content (AvgIpc) is 2.28. The number of rotatable bonds is 1. The maximum atomic E-state index is 13.5. The summed E-state index contributed by atoms with van der Waals surface area (Å²) in [6.07, 6.45) is 0. The van der Waals surface area contributed by atoms with Crippen LogP contribution in [0, 0.1) is 12.7 Å².